The number of ether oxygens (including phenoxy) is 1. The van der Waals surface area contributed by atoms with Crippen LogP contribution in [0.2, 0.25) is 0 Å². The first-order valence-electron chi connectivity index (χ1n) is 7.57. The summed E-state index contributed by atoms with van der Waals surface area (Å²) in [5.74, 6) is 0.348. The first kappa shape index (κ1) is 14.2. The van der Waals surface area contributed by atoms with Crippen LogP contribution in [0.15, 0.2) is 18.2 Å². The molecule has 0 saturated carbocycles. The third-order valence-corrected chi connectivity index (χ3v) is 4.58. The van der Waals surface area contributed by atoms with E-state index in [1.165, 1.54) is 18.2 Å². The van der Waals surface area contributed by atoms with Gasteiger partial charge in [-0.15, -0.1) is 0 Å². The summed E-state index contributed by atoms with van der Waals surface area (Å²) in [5.41, 5.74) is 2.59. The molecule has 1 aromatic carbocycles. The molecule has 1 fully saturated rings. The Balaban J connectivity index is 1.70. The van der Waals surface area contributed by atoms with Gasteiger partial charge in [0.2, 0.25) is 0 Å². The number of methoxy groups -OCH3 is 1. The van der Waals surface area contributed by atoms with Gasteiger partial charge in [-0.25, -0.2) is 4.79 Å². The highest BCUT2D eigenvalue weighted by molar-refractivity contribution is 5.67. The van der Waals surface area contributed by atoms with E-state index < -0.39 is 0 Å². The first-order chi connectivity index (χ1) is 10.2. The number of carbonyl (C=O) groups excluding carboxylic acids is 1. The van der Waals surface area contributed by atoms with Gasteiger partial charge in [-0.2, -0.15) is 0 Å². The predicted molar refractivity (Wildman–Crippen MR) is 79.3 cm³/mol. The van der Waals surface area contributed by atoms with Gasteiger partial charge in [0.1, 0.15) is 5.75 Å². The van der Waals surface area contributed by atoms with Crippen LogP contribution in [-0.4, -0.2) is 42.3 Å². The van der Waals surface area contributed by atoms with E-state index in [9.17, 15) is 9.90 Å². The molecule has 2 aliphatic rings. The topological polar surface area (TPSA) is 61.8 Å². The average molecular weight is 290 g/mol. The van der Waals surface area contributed by atoms with E-state index in [4.69, 9.17) is 0 Å². The van der Waals surface area contributed by atoms with Crippen molar-refractivity contribution in [3.63, 3.8) is 0 Å². The molecule has 0 bridgehead atoms. The number of aromatic hydroxyl groups is 1. The van der Waals surface area contributed by atoms with Crippen LogP contribution < -0.4 is 5.32 Å². The highest BCUT2D eigenvalue weighted by Gasteiger charge is 2.32. The molecule has 5 heteroatoms. The highest BCUT2D eigenvalue weighted by atomic mass is 16.5. The predicted octanol–water partition coefficient (Wildman–Crippen LogP) is 2.20. The van der Waals surface area contributed by atoms with Gasteiger partial charge >= 0.3 is 6.09 Å². The third-order valence-electron chi connectivity index (χ3n) is 4.58. The minimum atomic E-state index is -0.351. The number of fused-ring (bicyclic) bond motifs is 1. The smallest absolute Gasteiger partial charge is 0.407 e. The molecule has 2 atom stereocenters. The Morgan fingerprint density at radius 1 is 1.43 bits per heavy atom. The molecule has 21 heavy (non-hydrogen) atoms. The monoisotopic (exact) mass is 290 g/mol. The number of phenolic OH excluding ortho intramolecular Hbond substituents is 1. The first-order valence-corrected chi connectivity index (χ1v) is 7.57. The van der Waals surface area contributed by atoms with Crippen molar-refractivity contribution in [3.8, 4) is 5.75 Å². The number of aryl methyl sites for hydroxylation is 1. The maximum absolute atomic E-state index is 11.3. The van der Waals surface area contributed by atoms with E-state index in [-0.39, 0.29) is 12.1 Å². The second kappa shape index (κ2) is 5.93. The molecule has 1 amide bonds. The largest absolute Gasteiger partial charge is 0.508 e. The fourth-order valence-electron chi connectivity index (χ4n) is 3.57. The maximum atomic E-state index is 11.3. The van der Waals surface area contributed by atoms with Crippen molar-refractivity contribution in [2.45, 2.75) is 37.8 Å². The lowest BCUT2D eigenvalue weighted by molar-refractivity contribution is 0.164. The number of carbonyl (C=O) groups is 1. The lowest BCUT2D eigenvalue weighted by Crippen LogP contribution is -2.38. The molecular formula is C16H22N2O3. The molecule has 0 radical (unpaired) electrons. The zero-order chi connectivity index (χ0) is 14.8. The van der Waals surface area contributed by atoms with Gasteiger partial charge < -0.3 is 15.2 Å². The zero-order valence-corrected chi connectivity index (χ0v) is 12.3. The fraction of sp³-hybridized carbons (Fsp3) is 0.562. The van der Waals surface area contributed by atoms with Gasteiger partial charge in [-0.3, -0.25) is 4.90 Å². The summed E-state index contributed by atoms with van der Waals surface area (Å²) in [7, 11) is 1.39. The quantitative estimate of drug-likeness (QED) is 0.876. The van der Waals surface area contributed by atoms with E-state index in [0.717, 1.165) is 38.8 Å². The molecule has 0 spiro atoms. The number of benzene rings is 1. The van der Waals surface area contributed by atoms with Gasteiger partial charge in [0.25, 0.3) is 0 Å². The number of phenols is 1. The van der Waals surface area contributed by atoms with E-state index in [1.54, 1.807) is 6.07 Å². The Labute approximate surface area is 124 Å². The summed E-state index contributed by atoms with van der Waals surface area (Å²) in [5, 5.41) is 12.5. The van der Waals surface area contributed by atoms with Crippen LogP contribution in [0, 0.1) is 0 Å². The minimum Gasteiger partial charge on any atom is -0.508 e. The van der Waals surface area contributed by atoms with Crippen molar-refractivity contribution in [1.29, 1.82) is 0 Å². The lowest BCUT2D eigenvalue weighted by Gasteiger charge is -2.33. The third kappa shape index (κ3) is 2.97. The van der Waals surface area contributed by atoms with Crippen LogP contribution in [0.1, 0.15) is 36.4 Å². The van der Waals surface area contributed by atoms with Gasteiger partial charge in [-0.1, -0.05) is 6.07 Å². The van der Waals surface area contributed by atoms with Crippen molar-refractivity contribution in [3.05, 3.63) is 29.3 Å². The minimum absolute atomic E-state index is 0.167. The molecule has 3 rings (SSSR count). The van der Waals surface area contributed by atoms with Crippen molar-refractivity contribution >= 4 is 6.09 Å². The van der Waals surface area contributed by atoms with Crippen LogP contribution in [-0.2, 0) is 11.2 Å². The van der Waals surface area contributed by atoms with Crippen LogP contribution in [0.4, 0.5) is 4.79 Å². The molecule has 1 aliphatic carbocycles. The molecule has 114 valence electrons. The molecule has 2 N–H and O–H groups in total. The second-order valence-corrected chi connectivity index (χ2v) is 5.91. The molecular weight excluding hydrogens is 268 g/mol. The van der Waals surface area contributed by atoms with Crippen LogP contribution >= 0.6 is 0 Å². The number of hydrogen-bond donors (Lipinski definition) is 2. The summed E-state index contributed by atoms with van der Waals surface area (Å²) < 4.78 is 4.67. The van der Waals surface area contributed by atoms with E-state index >= 15 is 0 Å². The SMILES string of the molecule is COC(=O)NC1CCN(C2CCCc3cc(O)ccc32)C1. The molecule has 0 aromatic heterocycles. The standard InChI is InChI=1S/C16H22N2O3/c1-21-16(20)17-12-7-8-18(10-12)15-4-2-3-11-9-13(19)5-6-14(11)15/h5-6,9,12,15,19H,2-4,7-8,10H2,1H3,(H,17,20). The van der Waals surface area contributed by atoms with Gasteiger partial charge in [0.05, 0.1) is 7.11 Å². The van der Waals surface area contributed by atoms with Crippen molar-refractivity contribution in [2.75, 3.05) is 20.2 Å². The Morgan fingerprint density at radius 2 is 2.29 bits per heavy atom. The Kier molecular flexibility index (Phi) is 4.01. The highest BCUT2D eigenvalue weighted by Crippen LogP contribution is 2.37. The van der Waals surface area contributed by atoms with E-state index in [1.807, 2.05) is 6.07 Å². The summed E-state index contributed by atoms with van der Waals surface area (Å²) in [6, 6.07) is 6.29. The number of likely N-dealkylation sites (tertiary alicyclic amines) is 1. The Morgan fingerprint density at radius 3 is 3.10 bits per heavy atom. The van der Waals surface area contributed by atoms with E-state index in [2.05, 4.69) is 21.0 Å². The van der Waals surface area contributed by atoms with Gasteiger partial charge in [-0.05, 0) is 48.9 Å². The number of nitrogens with zero attached hydrogens (tertiary/aromatic N) is 1. The average Bonchev–Trinajstić information content (AvgIpc) is 2.94. The van der Waals surface area contributed by atoms with Gasteiger partial charge in [0, 0.05) is 25.2 Å². The summed E-state index contributed by atoms with van der Waals surface area (Å²) in [6.45, 7) is 1.85. The number of rotatable bonds is 2. The molecule has 5 nitrogen and oxygen atoms in total. The Hall–Kier alpha value is -1.75. The number of amides is 1. The second-order valence-electron chi connectivity index (χ2n) is 5.91. The number of alkyl carbamates (subject to hydrolysis) is 1. The van der Waals surface area contributed by atoms with Crippen LogP contribution in [0.3, 0.4) is 0 Å². The normalized spacial score (nSPS) is 25.4. The summed E-state index contributed by atoms with van der Waals surface area (Å²) >= 11 is 0. The van der Waals surface area contributed by atoms with Crippen LogP contribution in [0.25, 0.3) is 0 Å². The number of hydrogen-bond acceptors (Lipinski definition) is 4. The van der Waals surface area contributed by atoms with E-state index in [0.29, 0.717) is 11.8 Å². The van der Waals surface area contributed by atoms with Crippen molar-refractivity contribution in [1.82, 2.24) is 10.2 Å². The Bertz CT molecular complexity index is 532. The molecule has 1 aromatic rings. The number of nitrogens with one attached hydrogen (secondary N) is 1. The lowest BCUT2D eigenvalue weighted by atomic mass is 9.87. The summed E-state index contributed by atoms with van der Waals surface area (Å²) in [6.07, 6.45) is 3.93. The van der Waals surface area contributed by atoms with Crippen LogP contribution in [0.5, 0.6) is 5.75 Å². The van der Waals surface area contributed by atoms with Crippen molar-refractivity contribution < 1.29 is 14.6 Å². The molecule has 1 saturated heterocycles. The maximum Gasteiger partial charge on any atom is 0.407 e. The molecule has 2 unspecified atom stereocenters. The molecule has 1 heterocycles. The zero-order valence-electron chi connectivity index (χ0n) is 12.3. The van der Waals surface area contributed by atoms with Crippen molar-refractivity contribution in [2.24, 2.45) is 0 Å². The fourth-order valence-corrected chi connectivity index (χ4v) is 3.57. The van der Waals surface area contributed by atoms with Gasteiger partial charge in [0.15, 0.2) is 0 Å². The molecule has 1 aliphatic heterocycles. The summed E-state index contributed by atoms with van der Waals surface area (Å²) in [4.78, 5) is 13.7.